The smallest absolute Gasteiger partial charge is 0.321 e. The molecule has 0 atom stereocenters. The fraction of sp³-hybridized carbons (Fsp3) is 0.133. The highest BCUT2D eigenvalue weighted by Gasteiger charge is 2.33. The number of hydrogen-bond acceptors (Lipinski definition) is 1. The molecule has 2 rings (SSSR count). The van der Waals surface area contributed by atoms with Crippen LogP contribution in [0.15, 0.2) is 42.5 Å². The van der Waals surface area contributed by atoms with Crippen LogP contribution in [-0.2, 0) is 6.18 Å². The lowest BCUT2D eigenvalue weighted by atomic mass is 10.1. The monoisotopic (exact) mass is 297 g/mol. The third kappa shape index (κ3) is 3.39. The number of amides is 1. The molecule has 0 fully saturated rings. The Morgan fingerprint density at radius 1 is 1.10 bits per heavy atom. The van der Waals surface area contributed by atoms with Crippen molar-refractivity contribution in [3.8, 4) is 0 Å². The molecule has 0 saturated heterocycles. The Balaban J connectivity index is 2.32. The molecule has 0 radical (unpaired) electrons. The van der Waals surface area contributed by atoms with Gasteiger partial charge in [-0.25, -0.2) is 4.39 Å². The fourth-order valence-corrected chi connectivity index (χ4v) is 1.91. The summed E-state index contributed by atoms with van der Waals surface area (Å²) in [6.45, 7) is 1.51. The van der Waals surface area contributed by atoms with Gasteiger partial charge in [0.15, 0.2) is 0 Å². The van der Waals surface area contributed by atoms with E-state index in [1.807, 2.05) is 0 Å². The van der Waals surface area contributed by atoms with Gasteiger partial charge in [0.1, 0.15) is 5.82 Å². The number of halogens is 4. The molecule has 110 valence electrons. The van der Waals surface area contributed by atoms with Crippen molar-refractivity contribution in [1.82, 2.24) is 0 Å². The van der Waals surface area contributed by atoms with Gasteiger partial charge in [-0.3, -0.25) is 4.79 Å². The molecule has 0 aliphatic rings. The van der Waals surface area contributed by atoms with E-state index >= 15 is 0 Å². The minimum absolute atomic E-state index is 0.119. The topological polar surface area (TPSA) is 29.1 Å². The third-order valence-corrected chi connectivity index (χ3v) is 2.91. The van der Waals surface area contributed by atoms with Crippen LogP contribution in [0.3, 0.4) is 0 Å². The van der Waals surface area contributed by atoms with Crippen LogP contribution in [0, 0.1) is 12.7 Å². The van der Waals surface area contributed by atoms with Gasteiger partial charge < -0.3 is 5.32 Å². The van der Waals surface area contributed by atoms with Crippen LogP contribution in [0.25, 0.3) is 0 Å². The SMILES string of the molecule is Cc1cc(F)ccc1C(=O)Nc1ccccc1C(F)(F)F. The number of carbonyl (C=O) groups excluding carboxylic acids is 1. The quantitative estimate of drug-likeness (QED) is 0.818. The lowest BCUT2D eigenvalue weighted by molar-refractivity contribution is -0.136. The highest BCUT2D eigenvalue weighted by molar-refractivity contribution is 6.05. The highest BCUT2D eigenvalue weighted by Crippen LogP contribution is 2.34. The molecule has 0 unspecified atom stereocenters. The Kier molecular flexibility index (Phi) is 3.97. The minimum atomic E-state index is -4.57. The van der Waals surface area contributed by atoms with E-state index < -0.39 is 23.5 Å². The lowest BCUT2D eigenvalue weighted by Crippen LogP contribution is -2.17. The number of aryl methyl sites for hydroxylation is 1. The zero-order valence-electron chi connectivity index (χ0n) is 11.0. The van der Waals surface area contributed by atoms with Crippen molar-refractivity contribution in [2.45, 2.75) is 13.1 Å². The van der Waals surface area contributed by atoms with Crippen LogP contribution < -0.4 is 5.32 Å². The van der Waals surface area contributed by atoms with Crippen LogP contribution in [-0.4, -0.2) is 5.91 Å². The van der Waals surface area contributed by atoms with Gasteiger partial charge >= 0.3 is 6.18 Å². The minimum Gasteiger partial charge on any atom is -0.321 e. The lowest BCUT2D eigenvalue weighted by Gasteiger charge is -2.14. The molecule has 0 bridgehead atoms. The first kappa shape index (κ1) is 15.0. The predicted octanol–water partition coefficient (Wildman–Crippen LogP) is 4.41. The first-order valence-electron chi connectivity index (χ1n) is 6.03. The fourth-order valence-electron chi connectivity index (χ4n) is 1.91. The van der Waals surface area contributed by atoms with E-state index in [4.69, 9.17) is 0 Å². The summed E-state index contributed by atoms with van der Waals surface area (Å²) >= 11 is 0. The van der Waals surface area contributed by atoms with E-state index in [0.29, 0.717) is 5.56 Å². The standard InChI is InChI=1S/C15H11F4NO/c1-9-8-10(16)6-7-11(9)14(21)20-13-5-3-2-4-12(13)15(17,18)19/h2-8H,1H3,(H,20,21). The number of alkyl halides is 3. The van der Waals surface area contributed by atoms with E-state index in [2.05, 4.69) is 5.32 Å². The molecular weight excluding hydrogens is 286 g/mol. The van der Waals surface area contributed by atoms with E-state index in [1.165, 1.54) is 31.2 Å². The summed E-state index contributed by atoms with van der Waals surface area (Å²) < 4.78 is 51.5. The van der Waals surface area contributed by atoms with Crippen molar-refractivity contribution in [1.29, 1.82) is 0 Å². The summed E-state index contributed by atoms with van der Waals surface area (Å²) in [7, 11) is 0. The first-order valence-corrected chi connectivity index (χ1v) is 6.03. The Hall–Kier alpha value is -2.37. The molecule has 0 spiro atoms. The number of hydrogen-bond donors (Lipinski definition) is 1. The molecule has 1 amide bonds. The van der Waals surface area contributed by atoms with Gasteiger partial charge in [-0.1, -0.05) is 12.1 Å². The third-order valence-electron chi connectivity index (χ3n) is 2.91. The molecule has 0 aliphatic carbocycles. The first-order chi connectivity index (χ1) is 9.79. The second-order valence-electron chi connectivity index (χ2n) is 4.46. The van der Waals surface area contributed by atoms with Gasteiger partial charge in [-0.05, 0) is 42.8 Å². The number of nitrogens with one attached hydrogen (secondary N) is 1. The Bertz CT molecular complexity index is 680. The van der Waals surface area contributed by atoms with Gasteiger partial charge in [0.05, 0.1) is 11.3 Å². The molecule has 21 heavy (non-hydrogen) atoms. The zero-order valence-corrected chi connectivity index (χ0v) is 11.0. The van der Waals surface area contributed by atoms with E-state index in [0.717, 1.165) is 18.2 Å². The summed E-state index contributed by atoms with van der Waals surface area (Å²) in [6, 6.07) is 8.13. The van der Waals surface area contributed by atoms with Crippen LogP contribution >= 0.6 is 0 Å². The molecule has 6 heteroatoms. The van der Waals surface area contributed by atoms with Crippen molar-refractivity contribution < 1.29 is 22.4 Å². The van der Waals surface area contributed by atoms with E-state index in [9.17, 15) is 22.4 Å². The van der Waals surface area contributed by atoms with Crippen LogP contribution in [0.1, 0.15) is 21.5 Å². The zero-order chi connectivity index (χ0) is 15.6. The van der Waals surface area contributed by atoms with Crippen molar-refractivity contribution in [2.24, 2.45) is 0 Å². The van der Waals surface area contributed by atoms with Crippen LogP contribution in [0.4, 0.5) is 23.2 Å². The van der Waals surface area contributed by atoms with E-state index in [-0.39, 0.29) is 11.3 Å². The molecule has 0 aliphatic heterocycles. The van der Waals surface area contributed by atoms with Gasteiger partial charge in [-0.2, -0.15) is 13.2 Å². The average molecular weight is 297 g/mol. The van der Waals surface area contributed by atoms with Gasteiger partial charge in [0.2, 0.25) is 0 Å². The largest absolute Gasteiger partial charge is 0.418 e. The second kappa shape index (κ2) is 5.55. The summed E-state index contributed by atoms with van der Waals surface area (Å²) in [4.78, 5) is 12.0. The van der Waals surface area contributed by atoms with Crippen LogP contribution in [0.5, 0.6) is 0 Å². The van der Waals surface area contributed by atoms with Crippen molar-refractivity contribution in [3.63, 3.8) is 0 Å². The Labute approximate surface area is 118 Å². The second-order valence-corrected chi connectivity index (χ2v) is 4.46. The van der Waals surface area contributed by atoms with Crippen molar-refractivity contribution in [2.75, 3.05) is 5.32 Å². The molecule has 1 N–H and O–H groups in total. The Morgan fingerprint density at radius 2 is 1.76 bits per heavy atom. The summed E-state index contributed by atoms with van der Waals surface area (Å²) in [5, 5.41) is 2.21. The summed E-state index contributed by atoms with van der Waals surface area (Å²) in [5.74, 6) is -1.23. The molecule has 0 saturated carbocycles. The van der Waals surface area contributed by atoms with E-state index in [1.54, 1.807) is 0 Å². The van der Waals surface area contributed by atoms with Gasteiger partial charge in [0.25, 0.3) is 5.91 Å². The highest BCUT2D eigenvalue weighted by atomic mass is 19.4. The number of carbonyl (C=O) groups is 1. The van der Waals surface area contributed by atoms with Gasteiger partial charge in [-0.15, -0.1) is 0 Å². The molecule has 2 aromatic rings. The maximum absolute atomic E-state index is 13.0. The molecular formula is C15H11F4NO. The predicted molar refractivity (Wildman–Crippen MR) is 70.5 cm³/mol. The summed E-state index contributed by atoms with van der Waals surface area (Å²) in [6.07, 6.45) is -4.57. The normalized spacial score (nSPS) is 11.3. The maximum Gasteiger partial charge on any atom is 0.418 e. The number of rotatable bonds is 2. The average Bonchev–Trinajstić information content (AvgIpc) is 2.37. The summed E-state index contributed by atoms with van der Waals surface area (Å²) in [5.41, 5.74) is -0.804. The molecule has 2 nitrogen and oxygen atoms in total. The molecule has 2 aromatic carbocycles. The molecule has 0 heterocycles. The number of anilines is 1. The molecule has 0 aromatic heterocycles. The van der Waals surface area contributed by atoms with Crippen molar-refractivity contribution in [3.05, 3.63) is 65.0 Å². The van der Waals surface area contributed by atoms with Crippen LogP contribution in [0.2, 0.25) is 0 Å². The maximum atomic E-state index is 13.0. The number of benzene rings is 2. The van der Waals surface area contributed by atoms with Gasteiger partial charge in [0, 0.05) is 5.56 Å². The number of para-hydroxylation sites is 1. The van der Waals surface area contributed by atoms with Crippen molar-refractivity contribution >= 4 is 11.6 Å². The Morgan fingerprint density at radius 3 is 2.38 bits per heavy atom.